The quantitative estimate of drug-likeness (QED) is 0.833. The minimum atomic E-state index is -0.755. The van der Waals surface area contributed by atoms with Crippen LogP contribution in [-0.2, 0) is 11.3 Å². The van der Waals surface area contributed by atoms with E-state index in [4.69, 9.17) is 0 Å². The fraction of sp³-hybridized carbons (Fsp3) is 0.545. The summed E-state index contributed by atoms with van der Waals surface area (Å²) in [5.74, 6) is -0.225. The number of hydrogen-bond acceptors (Lipinski definition) is 4. The zero-order chi connectivity index (χ0) is 12.6. The number of urea groups is 1. The molecule has 2 heterocycles. The van der Waals surface area contributed by atoms with E-state index in [1.165, 1.54) is 0 Å². The average molecular weight is 253 g/mol. The van der Waals surface area contributed by atoms with Crippen LogP contribution in [0.15, 0.2) is 5.38 Å². The number of nitrogens with zero attached hydrogens (tertiary/aromatic N) is 2. The van der Waals surface area contributed by atoms with Crippen molar-refractivity contribution in [3.8, 4) is 0 Å². The minimum Gasteiger partial charge on any atom is -0.304 e. The Morgan fingerprint density at radius 2 is 2.24 bits per heavy atom. The lowest BCUT2D eigenvalue weighted by atomic mass is 9.97. The number of aryl methyl sites for hydroxylation is 1. The largest absolute Gasteiger partial charge is 0.325 e. The van der Waals surface area contributed by atoms with Gasteiger partial charge in [-0.3, -0.25) is 10.1 Å². The lowest BCUT2D eigenvalue weighted by Gasteiger charge is -2.30. The number of imide groups is 1. The number of carbonyl (C=O) groups is 2. The second-order valence-electron chi connectivity index (χ2n) is 4.33. The first-order chi connectivity index (χ1) is 7.97. The van der Waals surface area contributed by atoms with Gasteiger partial charge in [0.2, 0.25) is 0 Å². The SMILES string of the molecule is CCC1(C)C(=O)NC(=O)N1Cc1csc(C)n1. The molecular weight excluding hydrogens is 238 g/mol. The number of nitrogens with one attached hydrogen (secondary N) is 1. The summed E-state index contributed by atoms with van der Waals surface area (Å²) < 4.78 is 0. The summed E-state index contributed by atoms with van der Waals surface area (Å²) in [6.45, 7) is 5.98. The molecule has 0 aliphatic carbocycles. The molecule has 0 saturated carbocycles. The van der Waals surface area contributed by atoms with Crippen molar-refractivity contribution in [2.24, 2.45) is 0 Å². The fourth-order valence-electron chi connectivity index (χ4n) is 1.89. The highest BCUT2D eigenvalue weighted by atomic mass is 32.1. The maximum absolute atomic E-state index is 11.8. The van der Waals surface area contributed by atoms with E-state index in [9.17, 15) is 9.59 Å². The average Bonchev–Trinajstić information content (AvgIpc) is 2.77. The number of thiazole rings is 1. The van der Waals surface area contributed by atoms with Gasteiger partial charge in [0, 0.05) is 5.38 Å². The van der Waals surface area contributed by atoms with Gasteiger partial charge < -0.3 is 4.90 Å². The van der Waals surface area contributed by atoms with Crippen molar-refractivity contribution in [1.29, 1.82) is 0 Å². The third kappa shape index (κ3) is 1.93. The topological polar surface area (TPSA) is 62.3 Å². The van der Waals surface area contributed by atoms with Crippen LogP contribution in [0.1, 0.15) is 31.0 Å². The summed E-state index contributed by atoms with van der Waals surface area (Å²) in [5, 5.41) is 5.24. The molecule has 0 spiro atoms. The van der Waals surface area contributed by atoms with Crippen molar-refractivity contribution in [3.05, 3.63) is 16.1 Å². The molecule has 2 rings (SSSR count). The lowest BCUT2D eigenvalue weighted by Crippen LogP contribution is -2.46. The van der Waals surface area contributed by atoms with Crippen LogP contribution >= 0.6 is 11.3 Å². The minimum absolute atomic E-state index is 0.225. The van der Waals surface area contributed by atoms with Gasteiger partial charge in [-0.1, -0.05) is 6.92 Å². The van der Waals surface area contributed by atoms with Gasteiger partial charge in [-0.05, 0) is 20.3 Å². The fourth-order valence-corrected chi connectivity index (χ4v) is 2.49. The molecule has 1 N–H and O–H groups in total. The zero-order valence-electron chi connectivity index (χ0n) is 10.1. The Morgan fingerprint density at radius 1 is 1.53 bits per heavy atom. The van der Waals surface area contributed by atoms with Crippen LogP contribution in [0.4, 0.5) is 4.79 Å². The molecule has 17 heavy (non-hydrogen) atoms. The maximum atomic E-state index is 11.8. The van der Waals surface area contributed by atoms with Gasteiger partial charge in [0.15, 0.2) is 0 Å². The van der Waals surface area contributed by atoms with Crippen molar-refractivity contribution in [2.45, 2.75) is 39.3 Å². The summed E-state index contributed by atoms with van der Waals surface area (Å²) in [6.07, 6.45) is 0.591. The predicted octanol–water partition coefficient (Wildman–Crippen LogP) is 1.67. The van der Waals surface area contributed by atoms with Crippen LogP contribution in [0.3, 0.4) is 0 Å². The first-order valence-electron chi connectivity index (χ1n) is 5.51. The van der Waals surface area contributed by atoms with Crippen molar-refractivity contribution in [3.63, 3.8) is 0 Å². The molecule has 1 fully saturated rings. The maximum Gasteiger partial charge on any atom is 0.325 e. The molecule has 1 aromatic heterocycles. The molecule has 1 aromatic rings. The normalized spacial score (nSPS) is 24.3. The summed E-state index contributed by atoms with van der Waals surface area (Å²) >= 11 is 1.54. The molecule has 1 saturated heterocycles. The zero-order valence-corrected chi connectivity index (χ0v) is 10.9. The Kier molecular flexibility index (Phi) is 2.91. The second kappa shape index (κ2) is 4.10. The van der Waals surface area contributed by atoms with Crippen LogP contribution in [0.2, 0.25) is 0 Å². The van der Waals surface area contributed by atoms with E-state index in [1.807, 2.05) is 19.2 Å². The molecule has 1 atom stereocenters. The van der Waals surface area contributed by atoms with Gasteiger partial charge in [0.05, 0.1) is 17.2 Å². The predicted molar refractivity (Wildman–Crippen MR) is 64.6 cm³/mol. The number of hydrogen-bond donors (Lipinski definition) is 1. The first-order valence-corrected chi connectivity index (χ1v) is 6.39. The third-order valence-corrected chi connectivity index (χ3v) is 4.05. The van der Waals surface area contributed by atoms with Crippen LogP contribution in [0.25, 0.3) is 0 Å². The van der Waals surface area contributed by atoms with Gasteiger partial charge in [0.25, 0.3) is 5.91 Å². The summed E-state index contributed by atoms with van der Waals surface area (Å²) in [4.78, 5) is 29.4. The van der Waals surface area contributed by atoms with Crippen molar-refractivity contribution < 1.29 is 9.59 Å². The standard InChI is InChI=1S/C11H15N3O2S/c1-4-11(3)9(15)13-10(16)14(11)5-8-6-17-7(2)12-8/h6H,4-5H2,1-3H3,(H,13,15,16). The van der Waals surface area contributed by atoms with E-state index >= 15 is 0 Å². The lowest BCUT2D eigenvalue weighted by molar-refractivity contribution is -0.126. The van der Waals surface area contributed by atoms with Crippen molar-refractivity contribution in [1.82, 2.24) is 15.2 Å². The molecule has 3 amide bonds. The van der Waals surface area contributed by atoms with Crippen molar-refractivity contribution in [2.75, 3.05) is 0 Å². The molecule has 5 nitrogen and oxygen atoms in total. The Hall–Kier alpha value is -1.43. The van der Waals surface area contributed by atoms with Gasteiger partial charge in [0.1, 0.15) is 5.54 Å². The highest BCUT2D eigenvalue weighted by Crippen LogP contribution is 2.27. The Balaban J connectivity index is 2.24. The Morgan fingerprint density at radius 3 is 2.76 bits per heavy atom. The molecular formula is C11H15N3O2S. The molecule has 1 aliphatic heterocycles. The summed E-state index contributed by atoms with van der Waals surface area (Å²) in [7, 11) is 0. The van der Waals surface area contributed by atoms with Crippen LogP contribution in [0, 0.1) is 6.92 Å². The smallest absolute Gasteiger partial charge is 0.304 e. The van der Waals surface area contributed by atoms with E-state index in [2.05, 4.69) is 10.3 Å². The number of carbonyl (C=O) groups excluding carboxylic acids is 2. The molecule has 92 valence electrons. The third-order valence-electron chi connectivity index (χ3n) is 3.23. The van der Waals surface area contributed by atoms with Crippen LogP contribution < -0.4 is 5.32 Å². The van der Waals surface area contributed by atoms with E-state index in [1.54, 1.807) is 23.2 Å². The molecule has 0 bridgehead atoms. The summed E-state index contributed by atoms with van der Waals surface area (Å²) in [6, 6.07) is -0.329. The van der Waals surface area contributed by atoms with Gasteiger partial charge in [-0.15, -0.1) is 11.3 Å². The molecule has 1 aliphatic rings. The highest BCUT2D eigenvalue weighted by Gasteiger charge is 2.47. The van der Waals surface area contributed by atoms with E-state index in [-0.39, 0.29) is 11.9 Å². The summed E-state index contributed by atoms with van der Waals surface area (Å²) in [5.41, 5.74) is 0.0752. The van der Waals surface area contributed by atoms with Gasteiger partial charge in [-0.25, -0.2) is 9.78 Å². The van der Waals surface area contributed by atoms with Crippen LogP contribution in [0.5, 0.6) is 0 Å². The molecule has 1 unspecified atom stereocenters. The molecule has 6 heteroatoms. The van der Waals surface area contributed by atoms with Crippen LogP contribution in [-0.4, -0.2) is 27.4 Å². The molecule has 0 aromatic carbocycles. The Bertz CT molecular complexity index is 471. The van der Waals surface area contributed by atoms with Crippen molar-refractivity contribution >= 4 is 23.3 Å². The number of amides is 3. The van der Waals surface area contributed by atoms with E-state index in [0.717, 1.165) is 10.7 Å². The Labute approximate surface area is 104 Å². The number of rotatable bonds is 3. The van der Waals surface area contributed by atoms with Gasteiger partial charge >= 0.3 is 6.03 Å². The monoisotopic (exact) mass is 253 g/mol. The second-order valence-corrected chi connectivity index (χ2v) is 5.39. The van der Waals surface area contributed by atoms with E-state index < -0.39 is 5.54 Å². The highest BCUT2D eigenvalue weighted by molar-refractivity contribution is 7.09. The molecule has 0 radical (unpaired) electrons. The van der Waals surface area contributed by atoms with Gasteiger partial charge in [-0.2, -0.15) is 0 Å². The number of aromatic nitrogens is 1. The first kappa shape index (κ1) is 12.0. The van der Waals surface area contributed by atoms with E-state index in [0.29, 0.717) is 13.0 Å².